The van der Waals surface area contributed by atoms with Gasteiger partial charge in [0.15, 0.2) is 0 Å². The van der Waals surface area contributed by atoms with Gasteiger partial charge in [0.1, 0.15) is 0 Å². The Morgan fingerprint density at radius 3 is 2.42 bits per heavy atom. The number of anilines is 1. The number of halogens is 1. The number of carbonyl (C=O) groups is 1. The average Bonchev–Trinajstić information content (AvgIpc) is 2.52. The summed E-state index contributed by atoms with van der Waals surface area (Å²) in [5.74, 6) is -0.381. The van der Waals surface area contributed by atoms with Gasteiger partial charge in [0.25, 0.3) is 0 Å². The van der Waals surface area contributed by atoms with E-state index in [1.54, 1.807) is 24.3 Å². The minimum absolute atomic E-state index is 0.190. The second-order valence-corrected chi connectivity index (χ2v) is 8.74. The van der Waals surface area contributed by atoms with Gasteiger partial charge in [0, 0.05) is 10.6 Å². The molecular weight excluding hydrogens is 439 g/mol. The zero-order valence-corrected chi connectivity index (χ0v) is 16.7. The number of aryl methyl sites for hydroxylation is 2. The number of rotatable bonds is 5. The lowest BCUT2D eigenvalue weighted by molar-refractivity contribution is -0.116. The molecule has 2 aromatic carbocycles. The lowest BCUT2D eigenvalue weighted by Crippen LogP contribution is -2.35. The Morgan fingerprint density at radius 1 is 1.12 bits per heavy atom. The first kappa shape index (κ1) is 18.9. The number of likely N-dealkylation sites (N-methyl/N-ethyl adjacent to an activating group) is 1. The van der Waals surface area contributed by atoms with Crippen LogP contribution in [-0.2, 0) is 14.8 Å². The fourth-order valence-corrected chi connectivity index (χ4v) is 3.83. The van der Waals surface area contributed by atoms with Crippen LogP contribution in [-0.4, -0.2) is 32.2 Å². The van der Waals surface area contributed by atoms with Gasteiger partial charge in [-0.15, -0.1) is 0 Å². The maximum absolute atomic E-state index is 12.6. The Balaban J connectivity index is 2.13. The highest BCUT2D eigenvalue weighted by atomic mass is 127. The first-order valence-corrected chi connectivity index (χ1v) is 9.81. The van der Waals surface area contributed by atoms with Crippen molar-refractivity contribution in [1.82, 2.24) is 4.31 Å². The fourth-order valence-electron chi connectivity index (χ4n) is 2.09. The summed E-state index contributed by atoms with van der Waals surface area (Å²) in [6.07, 6.45) is 0. The molecule has 0 aliphatic rings. The molecular formula is C17H19IN2O3S. The minimum Gasteiger partial charge on any atom is -0.324 e. The van der Waals surface area contributed by atoms with Crippen LogP contribution in [0.3, 0.4) is 0 Å². The summed E-state index contributed by atoms with van der Waals surface area (Å²) in [5.41, 5.74) is 2.58. The highest BCUT2D eigenvalue weighted by Crippen LogP contribution is 2.19. The predicted molar refractivity (Wildman–Crippen MR) is 104 cm³/mol. The van der Waals surface area contributed by atoms with Gasteiger partial charge in [0.05, 0.1) is 17.1 Å². The zero-order chi connectivity index (χ0) is 17.9. The van der Waals surface area contributed by atoms with Gasteiger partial charge in [-0.3, -0.25) is 4.79 Å². The monoisotopic (exact) mass is 458 g/mol. The third-order valence-corrected chi connectivity index (χ3v) is 6.44. The molecule has 0 fully saturated rings. The number of hydrogen-bond donors (Lipinski definition) is 1. The number of nitrogens with one attached hydrogen (secondary N) is 1. The number of sulfonamides is 1. The Bertz CT molecular complexity index is 866. The quantitative estimate of drug-likeness (QED) is 0.701. The Morgan fingerprint density at radius 2 is 1.79 bits per heavy atom. The molecule has 0 aliphatic carbocycles. The van der Waals surface area contributed by atoms with Gasteiger partial charge in [-0.2, -0.15) is 4.31 Å². The fraction of sp³-hybridized carbons (Fsp3) is 0.235. The number of amides is 1. The average molecular weight is 458 g/mol. The van der Waals surface area contributed by atoms with Crippen LogP contribution in [0.5, 0.6) is 0 Å². The van der Waals surface area contributed by atoms with Gasteiger partial charge in [-0.05, 0) is 71.8 Å². The molecule has 2 rings (SSSR count). The van der Waals surface area contributed by atoms with Crippen molar-refractivity contribution in [3.8, 4) is 0 Å². The second-order valence-electron chi connectivity index (χ2n) is 5.54. The molecule has 1 amide bonds. The molecule has 0 bridgehead atoms. The van der Waals surface area contributed by atoms with E-state index in [2.05, 4.69) is 27.9 Å². The van der Waals surface area contributed by atoms with Crippen molar-refractivity contribution in [2.45, 2.75) is 18.7 Å². The lowest BCUT2D eigenvalue weighted by atomic mass is 10.1. The molecule has 0 spiro atoms. The Hall–Kier alpha value is -1.45. The summed E-state index contributed by atoms with van der Waals surface area (Å²) in [5, 5.41) is 2.73. The summed E-state index contributed by atoms with van der Waals surface area (Å²) in [7, 11) is -2.30. The van der Waals surface area contributed by atoms with Crippen LogP contribution in [0.25, 0.3) is 0 Å². The van der Waals surface area contributed by atoms with Crippen molar-refractivity contribution in [2.24, 2.45) is 0 Å². The third kappa shape index (κ3) is 4.34. The standard InChI is InChI=1S/C17H19IN2O3S/c1-12-8-9-14(10-13(12)2)24(22,23)20(3)11-17(21)19-16-7-5-4-6-15(16)18/h4-10H,11H2,1-3H3,(H,19,21). The van der Waals surface area contributed by atoms with Gasteiger partial charge >= 0.3 is 0 Å². The molecule has 128 valence electrons. The van der Waals surface area contributed by atoms with E-state index in [0.29, 0.717) is 5.69 Å². The van der Waals surface area contributed by atoms with E-state index < -0.39 is 10.0 Å². The van der Waals surface area contributed by atoms with Crippen molar-refractivity contribution >= 4 is 44.2 Å². The van der Waals surface area contributed by atoms with E-state index in [1.165, 1.54) is 7.05 Å². The highest BCUT2D eigenvalue weighted by molar-refractivity contribution is 14.1. The molecule has 24 heavy (non-hydrogen) atoms. The maximum Gasteiger partial charge on any atom is 0.243 e. The molecule has 1 N–H and O–H groups in total. The summed E-state index contributed by atoms with van der Waals surface area (Å²) in [4.78, 5) is 12.3. The molecule has 0 radical (unpaired) electrons. The van der Waals surface area contributed by atoms with E-state index in [0.717, 1.165) is 19.0 Å². The van der Waals surface area contributed by atoms with Crippen molar-refractivity contribution in [3.05, 3.63) is 57.2 Å². The summed E-state index contributed by atoms with van der Waals surface area (Å²) >= 11 is 2.11. The van der Waals surface area contributed by atoms with Crippen LogP contribution in [0.1, 0.15) is 11.1 Å². The first-order valence-electron chi connectivity index (χ1n) is 7.30. The van der Waals surface area contributed by atoms with E-state index in [1.807, 2.05) is 32.0 Å². The lowest BCUT2D eigenvalue weighted by Gasteiger charge is -2.18. The minimum atomic E-state index is -3.71. The molecule has 0 saturated heterocycles. The second kappa shape index (κ2) is 7.62. The van der Waals surface area contributed by atoms with Crippen LogP contribution in [0.2, 0.25) is 0 Å². The molecule has 0 aromatic heterocycles. The van der Waals surface area contributed by atoms with E-state index in [-0.39, 0.29) is 17.3 Å². The van der Waals surface area contributed by atoms with E-state index >= 15 is 0 Å². The molecule has 2 aromatic rings. The number of para-hydroxylation sites is 1. The SMILES string of the molecule is Cc1ccc(S(=O)(=O)N(C)CC(=O)Nc2ccccc2I)cc1C. The number of benzene rings is 2. The molecule has 5 nitrogen and oxygen atoms in total. The molecule has 0 saturated carbocycles. The smallest absolute Gasteiger partial charge is 0.243 e. The van der Waals surface area contributed by atoms with Crippen molar-refractivity contribution in [2.75, 3.05) is 18.9 Å². The molecule has 0 aliphatic heterocycles. The topological polar surface area (TPSA) is 66.5 Å². The summed E-state index contributed by atoms with van der Waals surface area (Å²) < 4.78 is 27.1. The third-order valence-electron chi connectivity index (χ3n) is 3.70. The first-order chi connectivity index (χ1) is 11.2. The Labute approximate surface area is 156 Å². The molecule has 7 heteroatoms. The van der Waals surface area contributed by atoms with Crippen LogP contribution < -0.4 is 5.32 Å². The van der Waals surface area contributed by atoms with Crippen molar-refractivity contribution < 1.29 is 13.2 Å². The van der Waals surface area contributed by atoms with Gasteiger partial charge < -0.3 is 5.32 Å². The number of carbonyl (C=O) groups excluding carboxylic acids is 1. The van der Waals surface area contributed by atoms with Gasteiger partial charge in [-0.1, -0.05) is 18.2 Å². The number of hydrogen-bond acceptors (Lipinski definition) is 3. The normalized spacial score (nSPS) is 11.5. The molecule has 0 atom stereocenters. The van der Waals surface area contributed by atoms with Crippen molar-refractivity contribution in [3.63, 3.8) is 0 Å². The maximum atomic E-state index is 12.6. The molecule has 0 heterocycles. The molecule has 0 unspecified atom stereocenters. The summed E-state index contributed by atoms with van der Waals surface area (Å²) in [6.45, 7) is 3.53. The van der Waals surface area contributed by atoms with E-state index in [9.17, 15) is 13.2 Å². The predicted octanol–water partition coefficient (Wildman–Crippen LogP) is 3.17. The van der Waals surface area contributed by atoms with Crippen LogP contribution in [0.15, 0.2) is 47.4 Å². The van der Waals surface area contributed by atoms with Crippen LogP contribution in [0.4, 0.5) is 5.69 Å². The number of nitrogens with zero attached hydrogens (tertiary/aromatic N) is 1. The summed E-state index contributed by atoms with van der Waals surface area (Å²) in [6, 6.07) is 12.3. The van der Waals surface area contributed by atoms with Crippen LogP contribution in [0, 0.1) is 17.4 Å². The van der Waals surface area contributed by atoms with E-state index in [4.69, 9.17) is 0 Å². The Kier molecular flexibility index (Phi) is 6.00. The zero-order valence-electron chi connectivity index (χ0n) is 13.7. The highest BCUT2D eigenvalue weighted by Gasteiger charge is 2.23. The van der Waals surface area contributed by atoms with Gasteiger partial charge in [-0.25, -0.2) is 8.42 Å². The van der Waals surface area contributed by atoms with Crippen molar-refractivity contribution in [1.29, 1.82) is 0 Å². The van der Waals surface area contributed by atoms with Gasteiger partial charge in [0.2, 0.25) is 15.9 Å². The largest absolute Gasteiger partial charge is 0.324 e. The van der Waals surface area contributed by atoms with Crippen LogP contribution >= 0.6 is 22.6 Å².